The van der Waals surface area contributed by atoms with Crippen molar-refractivity contribution in [1.29, 1.82) is 0 Å². The number of rotatable bonds is 15. The number of carbonyl (C=O) groups excluding carboxylic acids is 2. The molecule has 0 saturated carbocycles. The first-order valence-electron chi connectivity index (χ1n) is 14.7. The predicted octanol–water partition coefficient (Wildman–Crippen LogP) is 3.54. The molecule has 0 aliphatic carbocycles. The van der Waals surface area contributed by atoms with E-state index in [1.54, 1.807) is 12.3 Å². The van der Waals surface area contributed by atoms with Crippen LogP contribution < -0.4 is 11.1 Å². The highest BCUT2D eigenvalue weighted by atomic mass is 19.1. The normalized spacial score (nSPS) is 13.5. The molecule has 2 amide bonds. The zero-order valence-electron chi connectivity index (χ0n) is 26.0. The third-order valence-corrected chi connectivity index (χ3v) is 7.51. The van der Waals surface area contributed by atoms with Crippen LogP contribution in [0.25, 0.3) is 11.1 Å². The van der Waals surface area contributed by atoms with Crippen LogP contribution in [0.5, 0.6) is 0 Å². The third-order valence-electron chi connectivity index (χ3n) is 7.51. The highest BCUT2D eigenvalue weighted by molar-refractivity contribution is 5.87. The van der Waals surface area contributed by atoms with Crippen molar-refractivity contribution in [3.63, 3.8) is 0 Å². The van der Waals surface area contributed by atoms with E-state index in [0.29, 0.717) is 17.8 Å². The van der Waals surface area contributed by atoms with E-state index in [-0.39, 0.29) is 24.9 Å². The number of aliphatic hydroxyl groups excluding tert-OH is 1. The van der Waals surface area contributed by atoms with E-state index in [1.807, 2.05) is 55.7 Å². The summed E-state index contributed by atoms with van der Waals surface area (Å²) in [5.41, 5.74) is 7.23. The van der Waals surface area contributed by atoms with Crippen molar-refractivity contribution in [2.45, 2.75) is 64.7 Å². The molecule has 0 spiro atoms. The van der Waals surface area contributed by atoms with Gasteiger partial charge in [0.05, 0.1) is 12.1 Å². The second-order valence-electron chi connectivity index (χ2n) is 12.1. The lowest BCUT2D eigenvalue weighted by Gasteiger charge is -2.41. The molecule has 46 heavy (non-hydrogen) atoms. The third kappa shape index (κ3) is 9.44. The minimum Gasteiger partial charge on any atom is -0.481 e. The molecule has 0 aliphatic heterocycles. The van der Waals surface area contributed by atoms with Crippen LogP contribution in [0.15, 0.2) is 60.8 Å². The van der Waals surface area contributed by atoms with Gasteiger partial charge in [-0.15, -0.1) is 0 Å². The maximum atomic E-state index is 14.9. The molecule has 0 saturated heterocycles. The highest BCUT2D eigenvalue weighted by Crippen LogP contribution is 2.41. The van der Waals surface area contributed by atoms with Crippen molar-refractivity contribution in [3.05, 3.63) is 83.7 Å². The van der Waals surface area contributed by atoms with Crippen LogP contribution in [0.1, 0.15) is 57.3 Å². The van der Waals surface area contributed by atoms with Gasteiger partial charge in [-0.25, -0.2) is 13.6 Å². The molecule has 2 aromatic carbocycles. The Hall–Kier alpha value is -4.62. The Kier molecular flexibility index (Phi) is 12.2. The number of hydrogen-bond donors (Lipinski definition) is 5. The lowest BCUT2D eigenvalue weighted by atomic mass is 9.82. The summed E-state index contributed by atoms with van der Waals surface area (Å²) in [6, 6.07) is 10.6. The van der Waals surface area contributed by atoms with Crippen molar-refractivity contribution in [3.8, 4) is 11.1 Å². The van der Waals surface area contributed by atoms with Gasteiger partial charge in [-0.3, -0.25) is 14.4 Å². The van der Waals surface area contributed by atoms with Gasteiger partial charge in [-0.05, 0) is 48.1 Å². The van der Waals surface area contributed by atoms with E-state index in [4.69, 9.17) is 10.8 Å². The van der Waals surface area contributed by atoms with Crippen LogP contribution in [-0.2, 0) is 25.7 Å². The van der Waals surface area contributed by atoms with Gasteiger partial charge in [0.15, 0.2) is 0 Å². The predicted molar refractivity (Wildman–Crippen MR) is 165 cm³/mol. The van der Waals surface area contributed by atoms with E-state index < -0.39 is 72.0 Å². The number of halogens is 2. The Morgan fingerprint density at radius 3 is 2.26 bits per heavy atom. The number of amides is 2. The number of nitrogens with zero attached hydrogens (tertiary/aromatic N) is 2. The summed E-state index contributed by atoms with van der Waals surface area (Å²) in [7, 11) is 0. The average Bonchev–Trinajstić information content (AvgIpc) is 3.39. The SMILES string of the molecule is CC(C)(C)C(c1cc(-c2cc(F)ccc2F)cn1Cc1ccccc1)N(CCC(N)C(=O)N[C@H](CCC(=O)O)C(=O)O)C(=O)CO. The first kappa shape index (κ1) is 35.9. The average molecular weight is 643 g/mol. The molecule has 0 aliphatic rings. The largest absolute Gasteiger partial charge is 0.481 e. The molecule has 1 aromatic heterocycles. The van der Waals surface area contributed by atoms with Crippen LogP contribution in [0, 0.1) is 17.0 Å². The molecule has 3 aromatic rings. The fourth-order valence-corrected chi connectivity index (χ4v) is 5.31. The van der Waals surface area contributed by atoms with Gasteiger partial charge in [-0.2, -0.15) is 0 Å². The molecule has 13 heteroatoms. The molecule has 248 valence electrons. The first-order chi connectivity index (χ1) is 21.6. The summed E-state index contributed by atoms with van der Waals surface area (Å²) < 4.78 is 31.0. The van der Waals surface area contributed by atoms with Crippen molar-refractivity contribution in [2.75, 3.05) is 13.2 Å². The second kappa shape index (κ2) is 15.6. The van der Waals surface area contributed by atoms with E-state index in [0.717, 1.165) is 23.8 Å². The first-order valence-corrected chi connectivity index (χ1v) is 14.7. The van der Waals surface area contributed by atoms with E-state index in [1.165, 1.54) is 4.90 Å². The van der Waals surface area contributed by atoms with Crippen LogP contribution in [0.2, 0.25) is 0 Å². The van der Waals surface area contributed by atoms with Crippen molar-refractivity contribution < 1.29 is 43.3 Å². The highest BCUT2D eigenvalue weighted by Gasteiger charge is 2.37. The molecular weight excluding hydrogens is 602 g/mol. The van der Waals surface area contributed by atoms with Crippen LogP contribution >= 0.6 is 0 Å². The van der Waals surface area contributed by atoms with Gasteiger partial charge in [0, 0.05) is 42.5 Å². The zero-order valence-corrected chi connectivity index (χ0v) is 26.0. The number of carboxylic acids is 2. The van der Waals surface area contributed by atoms with Crippen LogP contribution in [0.4, 0.5) is 8.78 Å². The number of aliphatic hydroxyl groups is 1. The fourth-order valence-electron chi connectivity index (χ4n) is 5.31. The van der Waals surface area contributed by atoms with Gasteiger partial charge >= 0.3 is 11.9 Å². The lowest BCUT2D eigenvalue weighted by molar-refractivity contribution is -0.143. The molecule has 0 fully saturated rings. The van der Waals surface area contributed by atoms with Gasteiger partial charge in [0.25, 0.3) is 0 Å². The molecule has 2 unspecified atom stereocenters. The summed E-state index contributed by atoms with van der Waals surface area (Å²) in [4.78, 5) is 49.9. The molecule has 0 bridgehead atoms. The molecular formula is C33H40F2N4O7. The quantitative estimate of drug-likeness (QED) is 0.167. The van der Waals surface area contributed by atoms with Crippen LogP contribution in [-0.4, -0.2) is 73.8 Å². The zero-order chi connectivity index (χ0) is 34.2. The Morgan fingerprint density at radius 1 is 1.00 bits per heavy atom. The van der Waals surface area contributed by atoms with E-state index in [2.05, 4.69) is 5.32 Å². The number of aromatic nitrogens is 1. The molecule has 0 radical (unpaired) electrons. The monoisotopic (exact) mass is 642 g/mol. The number of benzene rings is 2. The van der Waals surface area contributed by atoms with Crippen molar-refractivity contribution in [1.82, 2.24) is 14.8 Å². The molecule has 6 N–H and O–H groups in total. The standard InChI is InChI=1S/C33H40F2N4O7/c1-33(2,3)30(39(28(41)19-40)14-13-25(36)31(44)37-26(32(45)46)11-12-29(42)43)27-15-21(23-16-22(34)9-10-24(23)35)18-38(27)17-20-7-5-4-6-8-20/h4-10,15-16,18,25-26,30,40H,11-14,17,19,36H2,1-3H3,(H,37,44)(H,42,43)(H,45,46)/t25?,26-,30?/m1/s1. The lowest BCUT2D eigenvalue weighted by Crippen LogP contribution is -2.50. The minimum atomic E-state index is -1.48. The summed E-state index contributed by atoms with van der Waals surface area (Å²) in [6.45, 7) is 4.91. The van der Waals surface area contributed by atoms with Crippen molar-refractivity contribution >= 4 is 23.8 Å². The number of nitrogens with two attached hydrogens (primary N) is 1. The minimum absolute atomic E-state index is 0.0235. The summed E-state index contributed by atoms with van der Waals surface area (Å²) >= 11 is 0. The topological polar surface area (TPSA) is 175 Å². The summed E-state index contributed by atoms with van der Waals surface area (Å²) in [5, 5.41) is 30.5. The van der Waals surface area contributed by atoms with Gasteiger partial charge < -0.3 is 35.8 Å². The number of carbonyl (C=O) groups is 4. The number of hydrogen-bond acceptors (Lipinski definition) is 6. The maximum Gasteiger partial charge on any atom is 0.326 e. The molecule has 3 rings (SSSR count). The number of nitrogens with one attached hydrogen (secondary N) is 1. The smallest absolute Gasteiger partial charge is 0.326 e. The number of aliphatic carboxylic acids is 2. The van der Waals surface area contributed by atoms with Gasteiger partial charge in [0.1, 0.15) is 24.3 Å². The van der Waals surface area contributed by atoms with Gasteiger partial charge in [0.2, 0.25) is 11.8 Å². The summed E-state index contributed by atoms with van der Waals surface area (Å²) in [5.74, 6) is -5.44. The molecule has 3 atom stereocenters. The molecule has 11 nitrogen and oxygen atoms in total. The van der Waals surface area contributed by atoms with Crippen LogP contribution in [0.3, 0.4) is 0 Å². The van der Waals surface area contributed by atoms with Gasteiger partial charge in [-0.1, -0.05) is 51.1 Å². The Bertz CT molecular complexity index is 1540. The molecule has 1 heterocycles. The second-order valence-corrected chi connectivity index (χ2v) is 12.1. The van der Waals surface area contributed by atoms with Crippen molar-refractivity contribution in [2.24, 2.45) is 11.1 Å². The Balaban J connectivity index is 2.01. The maximum absolute atomic E-state index is 14.9. The summed E-state index contributed by atoms with van der Waals surface area (Å²) in [6.07, 6.45) is 0.697. The van der Waals surface area contributed by atoms with E-state index in [9.17, 15) is 38.2 Å². The fraction of sp³-hybridized carbons (Fsp3) is 0.394. The van der Waals surface area contributed by atoms with E-state index >= 15 is 0 Å². The Morgan fingerprint density at radius 2 is 1.67 bits per heavy atom. The number of carboxylic acid groups (broad SMARTS) is 2. The Labute approximate surface area is 265 Å².